The Labute approximate surface area is 342 Å². The molecule has 1 aliphatic rings. The van der Waals surface area contributed by atoms with Gasteiger partial charge in [0.05, 0.1) is 11.4 Å². The third kappa shape index (κ3) is 5.41. The summed E-state index contributed by atoms with van der Waals surface area (Å²) in [6, 6.07) is 69.1. The molecule has 0 unspecified atom stereocenters. The lowest BCUT2D eigenvalue weighted by Gasteiger charge is -2.31. The van der Waals surface area contributed by atoms with Gasteiger partial charge in [0.2, 0.25) is 0 Å². The number of thiophene rings is 2. The molecule has 274 valence electrons. The standard InChI is InChI=1S/C52H32N2O2S2/c1-3-15-35(16-4-1)53(38-23-25-44-47(31-38)56-46-28-34-14-8-7-13-33(34)27-45(46)55-44)39-30-43(52-41-20-10-12-22-49(41)58-51(52)32-39)54(36-17-5-2-6-18-36)37-24-26-50-42(29-37)40-19-9-11-21-48(40)57-50/h1-32H. The summed E-state index contributed by atoms with van der Waals surface area (Å²) < 4.78 is 18.1. The van der Waals surface area contributed by atoms with Gasteiger partial charge in [0.1, 0.15) is 0 Å². The maximum atomic E-state index is 6.64. The van der Waals surface area contributed by atoms with Gasteiger partial charge in [-0.15, -0.1) is 22.7 Å². The number of rotatable bonds is 6. The average Bonchev–Trinajstić information content (AvgIpc) is 3.84. The average molecular weight is 781 g/mol. The largest absolute Gasteiger partial charge is 0.449 e. The van der Waals surface area contributed by atoms with Crippen LogP contribution in [0.2, 0.25) is 0 Å². The normalized spacial score (nSPS) is 12.1. The van der Waals surface area contributed by atoms with Crippen LogP contribution in [0.3, 0.4) is 0 Å². The quantitative estimate of drug-likeness (QED) is 0.168. The summed E-state index contributed by atoms with van der Waals surface area (Å²) in [5, 5.41) is 7.22. The van der Waals surface area contributed by atoms with E-state index in [1.807, 2.05) is 40.9 Å². The molecule has 0 radical (unpaired) electrons. The molecule has 0 N–H and O–H groups in total. The number of para-hydroxylation sites is 2. The SMILES string of the molecule is c1ccc(N(c2ccc3c(c2)Oc2cc4ccccc4cc2O3)c2cc(N(c3ccccc3)c3ccc4sc5ccccc5c4c3)c3c(c2)sc2ccccc23)cc1. The highest BCUT2D eigenvalue weighted by atomic mass is 32.1. The van der Waals surface area contributed by atoms with Crippen LogP contribution in [0.5, 0.6) is 23.0 Å². The van der Waals surface area contributed by atoms with Crippen LogP contribution in [-0.2, 0) is 0 Å². The molecule has 12 rings (SSSR count). The van der Waals surface area contributed by atoms with Crippen molar-refractivity contribution in [1.29, 1.82) is 0 Å². The summed E-state index contributed by atoms with van der Waals surface area (Å²) in [6.07, 6.45) is 0. The number of hydrogen-bond acceptors (Lipinski definition) is 6. The minimum atomic E-state index is 0.673. The fraction of sp³-hybridized carbons (Fsp3) is 0. The molecule has 11 aromatic rings. The second-order valence-electron chi connectivity index (χ2n) is 14.5. The highest BCUT2D eigenvalue weighted by molar-refractivity contribution is 7.26. The van der Waals surface area contributed by atoms with E-state index >= 15 is 0 Å². The van der Waals surface area contributed by atoms with E-state index in [0.29, 0.717) is 23.0 Å². The van der Waals surface area contributed by atoms with Gasteiger partial charge in [0.15, 0.2) is 23.0 Å². The molecule has 6 heteroatoms. The molecule has 0 saturated heterocycles. The lowest BCUT2D eigenvalue weighted by molar-refractivity contribution is 0.360. The highest BCUT2D eigenvalue weighted by Gasteiger charge is 2.26. The van der Waals surface area contributed by atoms with Crippen LogP contribution in [0, 0.1) is 0 Å². The van der Waals surface area contributed by atoms with Gasteiger partial charge >= 0.3 is 0 Å². The zero-order valence-electron chi connectivity index (χ0n) is 31.0. The van der Waals surface area contributed by atoms with Gasteiger partial charge in [-0.2, -0.15) is 0 Å². The van der Waals surface area contributed by atoms with Gasteiger partial charge < -0.3 is 19.3 Å². The molecule has 1 aliphatic heterocycles. The first-order valence-electron chi connectivity index (χ1n) is 19.3. The van der Waals surface area contributed by atoms with E-state index in [0.717, 1.165) is 44.9 Å². The van der Waals surface area contributed by atoms with E-state index in [1.165, 1.54) is 40.3 Å². The van der Waals surface area contributed by atoms with Gasteiger partial charge in [-0.3, -0.25) is 0 Å². The first-order valence-corrected chi connectivity index (χ1v) is 20.9. The maximum Gasteiger partial charge on any atom is 0.172 e. The smallest absolute Gasteiger partial charge is 0.172 e. The van der Waals surface area contributed by atoms with E-state index in [2.05, 4.69) is 186 Å². The van der Waals surface area contributed by atoms with Crippen molar-refractivity contribution >= 4 is 108 Å². The van der Waals surface area contributed by atoms with Gasteiger partial charge in [-0.25, -0.2) is 0 Å². The van der Waals surface area contributed by atoms with E-state index in [9.17, 15) is 0 Å². The highest BCUT2D eigenvalue weighted by Crippen LogP contribution is 2.52. The summed E-state index contributed by atoms with van der Waals surface area (Å²) in [5.41, 5.74) is 6.33. The first-order chi connectivity index (χ1) is 28.7. The van der Waals surface area contributed by atoms with E-state index in [1.54, 1.807) is 0 Å². The Kier molecular flexibility index (Phi) is 7.55. The fourth-order valence-corrected chi connectivity index (χ4v) is 10.6. The topological polar surface area (TPSA) is 24.9 Å². The molecule has 0 atom stereocenters. The molecule has 9 aromatic carbocycles. The monoisotopic (exact) mass is 780 g/mol. The molecule has 0 fully saturated rings. The molecular weight excluding hydrogens is 749 g/mol. The summed E-state index contributed by atoms with van der Waals surface area (Å²) >= 11 is 3.68. The van der Waals surface area contributed by atoms with Gasteiger partial charge in [-0.05, 0) is 102 Å². The number of nitrogens with zero attached hydrogens (tertiary/aromatic N) is 2. The fourth-order valence-electron chi connectivity index (χ4n) is 8.40. The Bertz CT molecular complexity index is 3370. The van der Waals surface area contributed by atoms with E-state index < -0.39 is 0 Å². The number of ether oxygens (including phenoxy) is 2. The van der Waals surface area contributed by atoms with Crippen molar-refractivity contribution in [3.63, 3.8) is 0 Å². The Morgan fingerprint density at radius 1 is 0.310 bits per heavy atom. The molecule has 0 amide bonds. The van der Waals surface area contributed by atoms with Crippen molar-refractivity contribution in [2.24, 2.45) is 0 Å². The van der Waals surface area contributed by atoms with Crippen molar-refractivity contribution < 1.29 is 9.47 Å². The number of anilines is 6. The van der Waals surface area contributed by atoms with Crippen molar-refractivity contribution in [3.8, 4) is 23.0 Å². The van der Waals surface area contributed by atoms with Gasteiger partial charge in [0, 0.05) is 69.2 Å². The van der Waals surface area contributed by atoms with Crippen LogP contribution < -0.4 is 19.3 Å². The minimum absolute atomic E-state index is 0.673. The molecule has 58 heavy (non-hydrogen) atoms. The Hall–Kier alpha value is -7.12. The molecule has 0 saturated carbocycles. The third-order valence-electron chi connectivity index (χ3n) is 11.0. The van der Waals surface area contributed by atoms with Gasteiger partial charge in [-0.1, -0.05) is 97.1 Å². The van der Waals surface area contributed by atoms with Crippen LogP contribution in [0.25, 0.3) is 51.1 Å². The molecule has 0 spiro atoms. The zero-order valence-corrected chi connectivity index (χ0v) is 32.6. The lowest BCUT2D eigenvalue weighted by Crippen LogP contribution is -2.14. The molecule has 4 nitrogen and oxygen atoms in total. The summed E-state index contributed by atoms with van der Waals surface area (Å²) in [6.45, 7) is 0. The Morgan fingerprint density at radius 3 is 1.59 bits per heavy atom. The number of fused-ring (bicyclic) bond motifs is 9. The second-order valence-corrected chi connectivity index (χ2v) is 16.7. The summed E-state index contributed by atoms with van der Waals surface area (Å²) in [5.74, 6) is 2.78. The first kappa shape index (κ1) is 33.1. The van der Waals surface area contributed by atoms with E-state index in [-0.39, 0.29) is 0 Å². The predicted octanol–water partition coefficient (Wildman–Crippen LogP) is 16.4. The van der Waals surface area contributed by atoms with Crippen LogP contribution in [0.4, 0.5) is 34.1 Å². The molecule has 0 aliphatic carbocycles. The van der Waals surface area contributed by atoms with Crippen molar-refractivity contribution in [3.05, 3.63) is 194 Å². The van der Waals surface area contributed by atoms with Crippen LogP contribution in [0.1, 0.15) is 0 Å². The summed E-state index contributed by atoms with van der Waals surface area (Å²) in [7, 11) is 0. The number of benzene rings is 9. The molecule has 3 heterocycles. The Morgan fingerprint density at radius 2 is 0.845 bits per heavy atom. The maximum absolute atomic E-state index is 6.64. The van der Waals surface area contributed by atoms with Crippen molar-refractivity contribution in [1.82, 2.24) is 0 Å². The van der Waals surface area contributed by atoms with Gasteiger partial charge in [0.25, 0.3) is 0 Å². The summed E-state index contributed by atoms with van der Waals surface area (Å²) in [4.78, 5) is 4.76. The molecule has 2 aromatic heterocycles. The van der Waals surface area contributed by atoms with E-state index in [4.69, 9.17) is 9.47 Å². The number of hydrogen-bond donors (Lipinski definition) is 0. The third-order valence-corrected chi connectivity index (χ3v) is 13.3. The zero-order chi connectivity index (χ0) is 38.2. The van der Waals surface area contributed by atoms with Crippen molar-refractivity contribution in [2.45, 2.75) is 0 Å². The van der Waals surface area contributed by atoms with Crippen molar-refractivity contribution in [2.75, 3.05) is 9.80 Å². The second kappa shape index (κ2) is 13.2. The van der Waals surface area contributed by atoms with Crippen LogP contribution in [0.15, 0.2) is 194 Å². The predicted molar refractivity (Wildman–Crippen MR) is 246 cm³/mol. The molecular formula is C52H32N2O2S2. The lowest BCUT2D eigenvalue weighted by atomic mass is 10.0. The van der Waals surface area contributed by atoms with Crippen LogP contribution >= 0.6 is 22.7 Å². The minimum Gasteiger partial charge on any atom is -0.449 e. The molecule has 0 bridgehead atoms. The Balaban J connectivity index is 1.08. The van der Waals surface area contributed by atoms with Crippen LogP contribution in [-0.4, -0.2) is 0 Å².